The summed E-state index contributed by atoms with van der Waals surface area (Å²) in [4.78, 5) is 4.46. The lowest BCUT2D eigenvalue weighted by molar-refractivity contribution is 0.639. The topological polar surface area (TPSA) is 12.9 Å². The van der Waals surface area contributed by atoms with Crippen molar-refractivity contribution in [1.82, 2.24) is 4.98 Å². The highest BCUT2D eigenvalue weighted by Crippen LogP contribution is 2.26. The minimum atomic E-state index is -0.201. The van der Waals surface area contributed by atoms with Gasteiger partial charge in [0.05, 0.1) is 11.0 Å². The zero-order valence-corrected chi connectivity index (χ0v) is 8.87. The molecule has 0 amide bonds. The number of fused-ring (bicyclic) bond motifs is 2. The van der Waals surface area contributed by atoms with E-state index in [0.717, 1.165) is 22.0 Å². The maximum Gasteiger partial charge on any atom is 0.132 e. The van der Waals surface area contributed by atoms with Gasteiger partial charge in [-0.25, -0.2) is 9.37 Å². The van der Waals surface area contributed by atoms with Gasteiger partial charge in [0, 0.05) is 10.8 Å². The number of rotatable bonds is 0. The maximum atomic E-state index is 13.7. The average molecular weight is 211 g/mol. The van der Waals surface area contributed by atoms with Crippen molar-refractivity contribution >= 4 is 21.8 Å². The van der Waals surface area contributed by atoms with Crippen LogP contribution in [0.25, 0.3) is 21.8 Å². The fourth-order valence-electron chi connectivity index (χ4n) is 2.13. The van der Waals surface area contributed by atoms with E-state index in [1.807, 2.05) is 37.3 Å². The number of halogens is 1. The molecule has 0 unspecified atom stereocenters. The van der Waals surface area contributed by atoms with Crippen LogP contribution >= 0.6 is 0 Å². The second-order valence-corrected chi connectivity index (χ2v) is 3.89. The van der Waals surface area contributed by atoms with Crippen LogP contribution < -0.4 is 0 Å². The minimum Gasteiger partial charge on any atom is -0.248 e. The van der Waals surface area contributed by atoms with E-state index in [1.54, 1.807) is 6.07 Å². The molecule has 3 aromatic rings. The lowest BCUT2D eigenvalue weighted by Crippen LogP contribution is -1.90. The van der Waals surface area contributed by atoms with E-state index in [1.165, 1.54) is 6.07 Å². The van der Waals surface area contributed by atoms with Gasteiger partial charge >= 0.3 is 0 Å². The maximum absolute atomic E-state index is 13.7. The molecule has 0 fully saturated rings. The summed E-state index contributed by atoms with van der Waals surface area (Å²) < 4.78 is 13.7. The number of para-hydroxylation sites is 1. The van der Waals surface area contributed by atoms with Crippen LogP contribution in [0.15, 0.2) is 42.5 Å². The number of nitrogens with zero attached hydrogens (tertiary/aromatic N) is 1. The van der Waals surface area contributed by atoms with Crippen molar-refractivity contribution in [3.63, 3.8) is 0 Å². The first-order valence-corrected chi connectivity index (χ1v) is 5.21. The Hall–Kier alpha value is -1.96. The van der Waals surface area contributed by atoms with E-state index in [2.05, 4.69) is 4.98 Å². The van der Waals surface area contributed by atoms with Gasteiger partial charge in [0.1, 0.15) is 5.82 Å². The highest BCUT2D eigenvalue weighted by molar-refractivity contribution is 5.97. The molecule has 0 spiro atoms. The van der Waals surface area contributed by atoms with E-state index in [4.69, 9.17) is 0 Å². The second kappa shape index (κ2) is 3.27. The van der Waals surface area contributed by atoms with Crippen LogP contribution in [-0.4, -0.2) is 4.98 Å². The summed E-state index contributed by atoms with van der Waals surface area (Å²) in [6, 6.07) is 12.8. The van der Waals surface area contributed by atoms with E-state index in [-0.39, 0.29) is 5.82 Å². The van der Waals surface area contributed by atoms with Gasteiger partial charge < -0.3 is 0 Å². The number of hydrogen-bond acceptors (Lipinski definition) is 1. The number of hydrogen-bond donors (Lipinski definition) is 0. The molecule has 78 valence electrons. The Morgan fingerprint density at radius 2 is 1.69 bits per heavy atom. The molecular weight excluding hydrogens is 201 g/mol. The molecule has 0 saturated carbocycles. The highest BCUT2D eigenvalue weighted by Gasteiger charge is 2.08. The Morgan fingerprint density at radius 1 is 0.938 bits per heavy atom. The number of aromatic nitrogens is 1. The summed E-state index contributed by atoms with van der Waals surface area (Å²) in [7, 11) is 0. The molecule has 0 saturated heterocycles. The second-order valence-electron chi connectivity index (χ2n) is 3.89. The molecule has 0 atom stereocenters. The lowest BCUT2D eigenvalue weighted by atomic mass is 10.0. The lowest BCUT2D eigenvalue weighted by Gasteiger charge is -2.07. The molecule has 0 radical (unpaired) electrons. The van der Waals surface area contributed by atoms with Crippen LogP contribution in [0.1, 0.15) is 5.56 Å². The van der Waals surface area contributed by atoms with Crippen molar-refractivity contribution in [2.45, 2.75) is 6.92 Å². The molecule has 2 aromatic carbocycles. The summed E-state index contributed by atoms with van der Waals surface area (Å²) in [5.41, 5.74) is 2.59. The number of benzene rings is 2. The molecular formula is C14H10FN. The zero-order chi connectivity index (χ0) is 11.1. The molecule has 16 heavy (non-hydrogen) atoms. The van der Waals surface area contributed by atoms with E-state index < -0.39 is 0 Å². The molecule has 0 aliphatic carbocycles. The standard InChI is InChI=1S/C14H10FN/c1-9-10-5-2-3-7-12(10)16-13-8-4-6-11(15)14(9)13/h2-8H,1H3. The van der Waals surface area contributed by atoms with Crippen LogP contribution in [0.3, 0.4) is 0 Å². The first kappa shape index (κ1) is 9.28. The number of pyridine rings is 1. The number of aryl methyl sites for hydroxylation is 1. The Labute approximate surface area is 92.5 Å². The summed E-state index contributed by atoms with van der Waals surface area (Å²) in [5.74, 6) is -0.201. The Morgan fingerprint density at radius 3 is 2.56 bits per heavy atom. The van der Waals surface area contributed by atoms with Crippen molar-refractivity contribution < 1.29 is 4.39 Å². The molecule has 1 heterocycles. The molecule has 0 aliphatic heterocycles. The van der Waals surface area contributed by atoms with Crippen LogP contribution in [-0.2, 0) is 0 Å². The summed E-state index contributed by atoms with van der Waals surface area (Å²) in [5, 5.41) is 1.64. The largest absolute Gasteiger partial charge is 0.248 e. The molecule has 2 heteroatoms. The molecule has 1 nitrogen and oxygen atoms in total. The third-order valence-electron chi connectivity index (χ3n) is 2.92. The van der Waals surface area contributed by atoms with Gasteiger partial charge in [-0.3, -0.25) is 0 Å². The first-order chi connectivity index (χ1) is 7.77. The fraction of sp³-hybridized carbons (Fsp3) is 0.0714. The third kappa shape index (κ3) is 1.20. The van der Waals surface area contributed by atoms with Crippen molar-refractivity contribution in [3.05, 3.63) is 53.8 Å². The summed E-state index contributed by atoms with van der Waals surface area (Å²) in [6.07, 6.45) is 0. The Balaban J connectivity index is 2.62. The Kier molecular flexibility index (Phi) is 1.90. The van der Waals surface area contributed by atoms with Gasteiger partial charge in [0.2, 0.25) is 0 Å². The average Bonchev–Trinajstić information content (AvgIpc) is 2.29. The highest BCUT2D eigenvalue weighted by atomic mass is 19.1. The van der Waals surface area contributed by atoms with E-state index in [0.29, 0.717) is 5.39 Å². The van der Waals surface area contributed by atoms with Crippen molar-refractivity contribution in [1.29, 1.82) is 0 Å². The predicted octanol–water partition coefficient (Wildman–Crippen LogP) is 3.84. The molecule has 1 aromatic heterocycles. The molecule has 0 aliphatic rings. The molecule has 3 rings (SSSR count). The summed E-state index contributed by atoms with van der Waals surface area (Å²) >= 11 is 0. The van der Waals surface area contributed by atoms with Crippen molar-refractivity contribution in [2.24, 2.45) is 0 Å². The van der Waals surface area contributed by atoms with Gasteiger partial charge in [0.15, 0.2) is 0 Å². The van der Waals surface area contributed by atoms with E-state index >= 15 is 0 Å². The van der Waals surface area contributed by atoms with Gasteiger partial charge in [-0.05, 0) is 30.7 Å². The van der Waals surface area contributed by atoms with Gasteiger partial charge in [-0.15, -0.1) is 0 Å². The van der Waals surface area contributed by atoms with Crippen molar-refractivity contribution in [3.8, 4) is 0 Å². The van der Waals surface area contributed by atoms with Gasteiger partial charge in [-0.2, -0.15) is 0 Å². The normalized spacial score (nSPS) is 11.1. The quantitative estimate of drug-likeness (QED) is 0.515. The van der Waals surface area contributed by atoms with Crippen LogP contribution in [0, 0.1) is 12.7 Å². The third-order valence-corrected chi connectivity index (χ3v) is 2.92. The predicted molar refractivity (Wildman–Crippen MR) is 63.9 cm³/mol. The molecule has 0 N–H and O–H groups in total. The van der Waals surface area contributed by atoms with Crippen LogP contribution in [0.5, 0.6) is 0 Å². The van der Waals surface area contributed by atoms with Crippen LogP contribution in [0.4, 0.5) is 4.39 Å². The smallest absolute Gasteiger partial charge is 0.132 e. The first-order valence-electron chi connectivity index (χ1n) is 5.21. The minimum absolute atomic E-state index is 0.201. The van der Waals surface area contributed by atoms with Gasteiger partial charge in [0.25, 0.3) is 0 Å². The van der Waals surface area contributed by atoms with Crippen molar-refractivity contribution in [2.75, 3.05) is 0 Å². The Bertz CT molecular complexity index is 689. The van der Waals surface area contributed by atoms with Crippen LogP contribution in [0.2, 0.25) is 0 Å². The summed E-state index contributed by atoms with van der Waals surface area (Å²) in [6.45, 7) is 1.94. The van der Waals surface area contributed by atoms with Gasteiger partial charge in [-0.1, -0.05) is 24.3 Å². The van der Waals surface area contributed by atoms with E-state index in [9.17, 15) is 4.39 Å². The zero-order valence-electron chi connectivity index (χ0n) is 8.87. The monoisotopic (exact) mass is 211 g/mol. The fourth-order valence-corrected chi connectivity index (χ4v) is 2.13. The SMILES string of the molecule is Cc1c2ccccc2nc2cccc(F)c12. The molecule has 0 bridgehead atoms.